The number of nitrogens with zero attached hydrogens (tertiary/aromatic N) is 2. The SMILES string of the molecule is CCOC(=O)c1c(NC(=O)c2ccn(COc3cccc(Cl)c3)n2)sc2c1CCCC2. The minimum atomic E-state index is -0.391. The second-order valence-corrected chi connectivity index (χ2v) is 8.60. The zero-order valence-corrected chi connectivity index (χ0v) is 18.6. The van der Waals surface area contributed by atoms with Crippen molar-refractivity contribution in [2.24, 2.45) is 0 Å². The molecule has 1 amide bonds. The number of hydrogen-bond acceptors (Lipinski definition) is 6. The van der Waals surface area contributed by atoms with Crippen LogP contribution in [-0.2, 0) is 24.3 Å². The number of anilines is 1. The Hall–Kier alpha value is -2.84. The highest BCUT2D eigenvalue weighted by Crippen LogP contribution is 2.38. The van der Waals surface area contributed by atoms with Crippen LogP contribution in [0.2, 0.25) is 5.02 Å². The average molecular weight is 460 g/mol. The van der Waals surface area contributed by atoms with E-state index in [1.807, 2.05) is 0 Å². The summed E-state index contributed by atoms with van der Waals surface area (Å²) in [5.74, 6) is -0.166. The Labute approximate surface area is 188 Å². The van der Waals surface area contributed by atoms with Crippen LogP contribution in [0.4, 0.5) is 5.00 Å². The van der Waals surface area contributed by atoms with Gasteiger partial charge in [0.25, 0.3) is 5.91 Å². The van der Waals surface area contributed by atoms with Crippen molar-refractivity contribution in [2.75, 3.05) is 11.9 Å². The second kappa shape index (κ2) is 9.53. The first-order valence-corrected chi connectivity index (χ1v) is 11.3. The standard InChI is InChI=1S/C22H22ClN3O4S/c1-2-29-22(28)19-16-8-3-4-9-18(16)31-21(19)24-20(27)17-10-11-26(25-17)13-30-15-7-5-6-14(23)12-15/h5-7,10-12H,2-4,8-9,13H2,1H3,(H,24,27). The molecule has 1 N–H and O–H groups in total. The first kappa shape index (κ1) is 21.4. The molecule has 1 aromatic carbocycles. The molecule has 0 bridgehead atoms. The fourth-order valence-corrected chi connectivity index (χ4v) is 4.95. The third-order valence-electron chi connectivity index (χ3n) is 4.91. The maximum Gasteiger partial charge on any atom is 0.341 e. The summed E-state index contributed by atoms with van der Waals surface area (Å²) in [7, 11) is 0. The van der Waals surface area contributed by atoms with Gasteiger partial charge in [-0.15, -0.1) is 11.3 Å². The van der Waals surface area contributed by atoms with Gasteiger partial charge in [0.1, 0.15) is 10.8 Å². The number of carbonyl (C=O) groups excluding carboxylic acids is 2. The van der Waals surface area contributed by atoms with Crippen LogP contribution in [-0.4, -0.2) is 28.3 Å². The fraction of sp³-hybridized carbons (Fsp3) is 0.318. The number of rotatable bonds is 7. The summed E-state index contributed by atoms with van der Waals surface area (Å²) in [4.78, 5) is 26.5. The number of halogens is 1. The molecule has 7 nitrogen and oxygen atoms in total. The highest BCUT2D eigenvalue weighted by Gasteiger charge is 2.27. The van der Waals surface area contributed by atoms with Crippen molar-refractivity contribution in [2.45, 2.75) is 39.3 Å². The lowest BCUT2D eigenvalue weighted by molar-refractivity contribution is 0.0526. The van der Waals surface area contributed by atoms with Crippen molar-refractivity contribution in [3.8, 4) is 5.75 Å². The number of benzene rings is 1. The van der Waals surface area contributed by atoms with Gasteiger partial charge >= 0.3 is 5.97 Å². The van der Waals surface area contributed by atoms with Crippen LogP contribution in [0.15, 0.2) is 36.5 Å². The average Bonchev–Trinajstić information content (AvgIpc) is 3.37. The summed E-state index contributed by atoms with van der Waals surface area (Å²) in [5, 5.41) is 8.24. The van der Waals surface area contributed by atoms with Gasteiger partial charge in [0, 0.05) is 16.1 Å². The minimum absolute atomic E-state index is 0.134. The van der Waals surface area contributed by atoms with Crippen LogP contribution in [0.1, 0.15) is 51.1 Å². The Bertz CT molecular complexity index is 1110. The van der Waals surface area contributed by atoms with E-state index in [9.17, 15) is 9.59 Å². The fourth-order valence-electron chi connectivity index (χ4n) is 3.49. The number of aromatic nitrogens is 2. The van der Waals surface area contributed by atoms with E-state index in [-0.39, 0.29) is 24.9 Å². The van der Waals surface area contributed by atoms with Gasteiger partial charge < -0.3 is 14.8 Å². The lowest BCUT2D eigenvalue weighted by Gasteiger charge is -2.12. The summed E-state index contributed by atoms with van der Waals surface area (Å²) in [6.07, 6.45) is 5.51. The second-order valence-electron chi connectivity index (χ2n) is 7.06. The Balaban J connectivity index is 1.47. The van der Waals surface area contributed by atoms with Crippen molar-refractivity contribution in [1.29, 1.82) is 0 Å². The van der Waals surface area contributed by atoms with E-state index < -0.39 is 5.97 Å². The Morgan fingerprint density at radius 2 is 2.10 bits per heavy atom. The lowest BCUT2D eigenvalue weighted by atomic mass is 9.95. The molecule has 0 saturated heterocycles. The summed E-state index contributed by atoms with van der Waals surface area (Å²) in [6, 6.07) is 8.65. The predicted octanol–water partition coefficient (Wildman–Crippen LogP) is 4.94. The number of fused-ring (bicyclic) bond motifs is 1. The van der Waals surface area contributed by atoms with Gasteiger partial charge in [-0.25, -0.2) is 9.48 Å². The third-order valence-corrected chi connectivity index (χ3v) is 6.35. The van der Waals surface area contributed by atoms with Crippen molar-refractivity contribution in [3.63, 3.8) is 0 Å². The molecule has 4 rings (SSSR count). The van der Waals surface area contributed by atoms with Gasteiger partial charge in [-0.3, -0.25) is 4.79 Å². The highest BCUT2D eigenvalue weighted by atomic mass is 35.5. The Morgan fingerprint density at radius 3 is 2.90 bits per heavy atom. The molecule has 1 aliphatic rings. The number of esters is 1. The smallest absolute Gasteiger partial charge is 0.341 e. The van der Waals surface area contributed by atoms with Crippen LogP contribution < -0.4 is 10.1 Å². The Morgan fingerprint density at radius 1 is 1.26 bits per heavy atom. The van der Waals surface area contributed by atoms with Gasteiger partial charge in [-0.1, -0.05) is 17.7 Å². The number of carbonyl (C=O) groups is 2. The molecule has 2 aromatic heterocycles. The van der Waals surface area contributed by atoms with E-state index in [0.717, 1.165) is 36.1 Å². The number of ether oxygens (including phenoxy) is 2. The van der Waals surface area contributed by atoms with Gasteiger partial charge in [-0.05, 0) is 62.4 Å². The topological polar surface area (TPSA) is 82.5 Å². The van der Waals surface area contributed by atoms with E-state index >= 15 is 0 Å². The summed E-state index contributed by atoms with van der Waals surface area (Å²) >= 11 is 7.40. The zero-order valence-electron chi connectivity index (χ0n) is 17.0. The van der Waals surface area contributed by atoms with E-state index in [1.165, 1.54) is 16.0 Å². The van der Waals surface area contributed by atoms with Crippen molar-refractivity contribution in [3.05, 3.63) is 63.2 Å². The van der Waals surface area contributed by atoms with Crippen LogP contribution in [0, 0.1) is 0 Å². The van der Waals surface area contributed by atoms with Gasteiger partial charge in [0.2, 0.25) is 0 Å². The third kappa shape index (κ3) is 4.91. The van der Waals surface area contributed by atoms with Crippen LogP contribution in [0.5, 0.6) is 5.75 Å². The van der Waals surface area contributed by atoms with Gasteiger partial charge in [0.05, 0.1) is 12.2 Å². The Kier molecular flexibility index (Phi) is 6.58. The molecule has 0 radical (unpaired) electrons. The first-order chi connectivity index (χ1) is 15.0. The quantitative estimate of drug-likeness (QED) is 0.506. The number of nitrogens with one attached hydrogen (secondary N) is 1. The van der Waals surface area contributed by atoms with E-state index in [4.69, 9.17) is 21.1 Å². The molecule has 0 atom stereocenters. The normalized spacial score (nSPS) is 12.8. The predicted molar refractivity (Wildman–Crippen MR) is 119 cm³/mol. The van der Waals surface area contributed by atoms with Crippen LogP contribution >= 0.6 is 22.9 Å². The maximum atomic E-state index is 12.8. The summed E-state index contributed by atoms with van der Waals surface area (Å²) in [5.41, 5.74) is 1.72. The molecule has 0 fully saturated rings. The molecule has 3 aromatic rings. The lowest BCUT2D eigenvalue weighted by Crippen LogP contribution is -2.17. The highest BCUT2D eigenvalue weighted by molar-refractivity contribution is 7.17. The van der Waals surface area contributed by atoms with Gasteiger partial charge in [-0.2, -0.15) is 5.10 Å². The van der Waals surface area contributed by atoms with Crippen LogP contribution in [0.25, 0.3) is 0 Å². The minimum Gasteiger partial charge on any atom is -0.471 e. The summed E-state index contributed by atoms with van der Waals surface area (Å²) < 4.78 is 12.4. The maximum absolute atomic E-state index is 12.8. The van der Waals surface area contributed by atoms with Crippen molar-refractivity contribution >= 4 is 39.8 Å². The van der Waals surface area contributed by atoms with Crippen molar-refractivity contribution in [1.82, 2.24) is 9.78 Å². The number of aryl methyl sites for hydroxylation is 1. The number of hydrogen-bond donors (Lipinski definition) is 1. The molecular weight excluding hydrogens is 438 g/mol. The molecule has 0 aliphatic heterocycles. The number of thiophene rings is 1. The molecule has 0 spiro atoms. The monoisotopic (exact) mass is 459 g/mol. The van der Waals surface area contributed by atoms with E-state index in [1.54, 1.807) is 43.5 Å². The van der Waals surface area contributed by atoms with Crippen LogP contribution in [0.3, 0.4) is 0 Å². The molecule has 0 unspecified atom stereocenters. The molecule has 1 aliphatic carbocycles. The van der Waals surface area contributed by atoms with E-state index in [2.05, 4.69) is 10.4 Å². The zero-order chi connectivity index (χ0) is 21.8. The molecule has 9 heteroatoms. The molecule has 0 saturated carbocycles. The number of amides is 1. The molecule has 31 heavy (non-hydrogen) atoms. The molecular formula is C22H22ClN3O4S. The first-order valence-electron chi connectivity index (χ1n) is 10.1. The van der Waals surface area contributed by atoms with E-state index in [0.29, 0.717) is 21.3 Å². The largest absolute Gasteiger partial charge is 0.471 e. The van der Waals surface area contributed by atoms with Gasteiger partial charge in [0.15, 0.2) is 12.4 Å². The molecule has 2 heterocycles. The summed E-state index contributed by atoms with van der Waals surface area (Å²) in [6.45, 7) is 2.19. The molecule has 162 valence electrons. The van der Waals surface area contributed by atoms with Crippen molar-refractivity contribution < 1.29 is 19.1 Å².